The van der Waals surface area contributed by atoms with Crippen molar-refractivity contribution < 1.29 is 9.47 Å². The van der Waals surface area contributed by atoms with E-state index < -0.39 is 0 Å². The Bertz CT molecular complexity index is 860. The number of nitrogens with zero attached hydrogens (tertiary/aromatic N) is 3. The van der Waals surface area contributed by atoms with Crippen LogP contribution >= 0.6 is 0 Å². The first kappa shape index (κ1) is 17.1. The first-order chi connectivity index (χ1) is 12.5. The van der Waals surface area contributed by atoms with E-state index in [9.17, 15) is 4.79 Å². The summed E-state index contributed by atoms with van der Waals surface area (Å²) in [5.41, 5.74) is 2.27. The zero-order valence-corrected chi connectivity index (χ0v) is 15.4. The number of pyridine rings is 2. The number of hydrogen-bond acceptors (Lipinski definition) is 6. The zero-order chi connectivity index (χ0) is 18.3. The predicted molar refractivity (Wildman–Crippen MR) is 101 cm³/mol. The summed E-state index contributed by atoms with van der Waals surface area (Å²) in [7, 11) is 3.92. The molecule has 1 N–H and O–H groups in total. The minimum absolute atomic E-state index is 0.0797. The van der Waals surface area contributed by atoms with E-state index in [0.29, 0.717) is 32.1 Å². The Morgan fingerprint density at radius 1 is 1.31 bits per heavy atom. The van der Waals surface area contributed by atoms with Gasteiger partial charge in [-0.05, 0) is 30.7 Å². The molecule has 0 unspecified atom stereocenters. The Kier molecular flexibility index (Phi) is 4.20. The molecule has 0 bridgehead atoms. The standard InChI is InChI=1S/C19H24N4O3/c1-13-19(11-25-12-19)26-7-6-23(13)16-8-15(10-21-18(16)24)14-4-5-20-17(9-14)22(2)3/h4-5,8-10,13H,6-7,11-12H2,1-3H3,(H,21,24)/t13-/m0/s1. The number of H-pyrrole nitrogens is 1. The number of morpholine rings is 1. The lowest BCUT2D eigenvalue weighted by Crippen LogP contribution is -2.68. The smallest absolute Gasteiger partial charge is 0.271 e. The highest BCUT2D eigenvalue weighted by Crippen LogP contribution is 2.34. The van der Waals surface area contributed by atoms with Crippen molar-refractivity contribution in [2.75, 3.05) is 50.3 Å². The number of nitrogens with one attached hydrogen (secondary N) is 1. The van der Waals surface area contributed by atoms with Crippen LogP contribution in [0.25, 0.3) is 11.1 Å². The number of rotatable bonds is 3. The van der Waals surface area contributed by atoms with Crippen LogP contribution in [0.15, 0.2) is 35.4 Å². The SMILES string of the molecule is C[C@@H]1N(c2cc(-c3ccnc(N(C)C)c3)c[nH]c2=O)CCOC12COC2. The first-order valence-electron chi connectivity index (χ1n) is 8.85. The minimum Gasteiger partial charge on any atom is -0.375 e. The molecule has 0 saturated carbocycles. The fraction of sp³-hybridized carbons (Fsp3) is 0.474. The Balaban J connectivity index is 1.71. The molecule has 1 atom stereocenters. The molecular weight excluding hydrogens is 332 g/mol. The van der Waals surface area contributed by atoms with Crippen molar-refractivity contribution in [3.05, 3.63) is 40.9 Å². The fourth-order valence-corrected chi connectivity index (χ4v) is 3.60. The highest BCUT2D eigenvalue weighted by Gasteiger charge is 2.50. The molecule has 0 amide bonds. The van der Waals surface area contributed by atoms with Crippen molar-refractivity contribution in [3.8, 4) is 11.1 Å². The quantitative estimate of drug-likeness (QED) is 0.899. The molecule has 1 spiro atoms. The summed E-state index contributed by atoms with van der Waals surface area (Å²) in [6, 6.07) is 6.01. The largest absolute Gasteiger partial charge is 0.375 e. The lowest BCUT2D eigenvalue weighted by molar-refractivity contribution is -0.228. The molecule has 2 saturated heterocycles. The molecule has 2 fully saturated rings. The Hall–Kier alpha value is -2.38. The lowest BCUT2D eigenvalue weighted by atomic mass is 9.90. The molecule has 2 aliphatic heterocycles. The third-order valence-electron chi connectivity index (χ3n) is 5.37. The number of hydrogen-bond donors (Lipinski definition) is 1. The van der Waals surface area contributed by atoms with Crippen molar-refractivity contribution >= 4 is 11.5 Å². The van der Waals surface area contributed by atoms with Crippen molar-refractivity contribution in [1.29, 1.82) is 0 Å². The molecule has 4 rings (SSSR count). The average molecular weight is 356 g/mol. The maximum absolute atomic E-state index is 12.6. The van der Waals surface area contributed by atoms with Gasteiger partial charge in [-0.1, -0.05) is 0 Å². The minimum atomic E-state index is -0.296. The number of aromatic nitrogens is 2. The van der Waals surface area contributed by atoms with Crippen molar-refractivity contribution in [1.82, 2.24) is 9.97 Å². The van der Waals surface area contributed by atoms with Crippen molar-refractivity contribution in [2.45, 2.75) is 18.6 Å². The third kappa shape index (κ3) is 2.77. The summed E-state index contributed by atoms with van der Waals surface area (Å²) in [4.78, 5) is 23.9. The molecular formula is C19H24N4O3. The van der Waals surface area contributed by atoms with Gasteiger partial charge in [-0.15, -0.1) is 0 Å². The van der Waals surface area contributed by atoms with E-state index in [-0.39, 0.29) is 17.2 Å². The van der Waals surface area contributed by atoms with Gasteiger partial charge in [-0.25, -0.2) is 4.98 Å². The predicted octanol–water partition coefficient (Wildman–Crippen LogP) is 1.50. The van der Waals surface area contributed by atoms with Crippen LogP contribution in [0.2, 0.25) is 0 Å². The van der Waals surface area contributed by atoms with Gasteiger partial charge in [0, 0.05) is 38.6 Å². The summed E-state index contributed by atoms with van der Waals surface area (Å²) in [6.45, 7) is 4.55. The van der Waals surface area contributed by atoms with Gasteiger partial charge in [-0.3, -0.25) is 4.79 Å². The molecule has 26 heavy (non-hydrogen) atoms. The van der Waals surface area contributed by atoms with E-state index >= 15 is 0 Å². The number of aromatic amines is 1. The first-order valence-corrected chi connectivity index (χ1v) is 8.85. The van der Waals surface area contributed by atoms with Crippen LogP contribution in [-0.4, -0.2) is 62.1 Å². The van der Waals surface area contributed by atoms with Crippen LogP contribution in [0.1, 0.15) is 6.92 Å². The second-order valence-electron chi connectivity index (χ2n) is 7.18. The van der Waals surface area contributed by atoms with Crippen LogP contribution in [-0.2, 0) is 9.47 Å². The lowest BCUT2D eigenvalue weighted by Gasteiger charge is -2.53. The van der Waals surface area contributed by atoms with Crippen LogP contribution in [0.5, 0.6) is 0 Å². The van der Waals surface area contributed by atoms with E-state index in [1.807, 2.05) is 37.2 Å². The van der Waals surface area contributed by atoms with Gasteiger partial charge in [0.05, 0.1) is 25.9 Å². The monoisotopic (exact) mass is 356 g/mol. The number of ether oxygens (including phenoxy) is 2. The van der Waals surface area contributed by atoms with Crippen molar-refractivity contribution in [2.24, 2.45) is 0 Å². The average Bonchev–Trinajstić information content (AvgIpc) is 2.61. The maximum atomic E-state index is 12.6. The Labute approximate surface area is 152 Å². The van der Waals surface area contributed by atoms with Crippen LogP contribution in [0, 0.1) is 0 Å². The molecule has 2 aliphatic rings. The molecule has 0 radical (unpaired) electrons. The molecule has 2 aromatic heterocycles. The highest BCUT2D eigenvalue weighted by atomic mass is 16.6. The maximum Gasteiger partial charge on any atom is 0.271 e. The summed E-state index contributed by atoms with van der Waals surface area (Å²) < 4.78 is 11.3. The summed E-state index contributed by atoms with van der Waals surface area (Å²) in [5.74, 6) is 0.876. The van der Waals surface area contributed by atoms with Gasteiger partial charge in [0.2, 0.25) is 0 Å². The molecule has 0 aliphatic carbocycles. The van der Waals surface area contributed by atoms with E-state index in [1.165, 1.54) is 0 Å². The molecule has 4 heterocycles. The molecule has 138 valence electrons. The van der Waals surface area contributed by atoms with E-state index in [0.717, 1.165) is 16.9 Å². The topological polar surface area (TPSA) is 70.7 Å². The normalized spacial score (nSPS) is 21.5. The fourth-order valence-electron chi connectivity index (χ4n) is 3.60. The second kappa shape index (κ2) is 6.41. The molecule has 7 nitrogen and oxygen atoms in total. The van der Waals surface area contributed by atoms with Crippen LogP contribution in [0.3, 0.4) is 0 Å². The summed E-state index contributed by atoms with van der Waals surface area (Å²) >= 11 is 0. The van der Waals surface area contributed by atoms with Gasteiger partial charge in [0.15, 0.2) is 0 Å². The third-order valence-corrected chi connectivity index (χ3v) is 5.37. The molecule has 0 aromatic carbocycles. The van der Waals surface area contributed by atoms with Gasteiger partial charge in [0.25, 0.3) is 5.56 Å². The van der Waals surface area contributed by atoms with Crippen LogP contribution in [0.4, 0.5) is 11.5 Å². The summed E-state index contributed by atoms with van der Waals surface area (Å²) in [6.07, 6.45) is 3.54. The zero-order valence-electron chi connectivity index (χ0n) is 15.4. The highest BCUT2D eigenvalue weighted by molar-refractivity contribution is 5.69. The summed E-state index contributed by atoms with van der Waals surface area (Å²) in [5, 5.41) is 0. The molecule has 2 aromatic rings. The van der Waals surface area contributed by atoms with E-state index in [4.69, 9.17) is 9.47 Å². The number of anilines is 2. The van der Waals surface area contributed by atoms with E-state index in [1.54, 1.807) is 12.4 Å². The second-order valence-corrected chi connectivity index (χ2v) is 7.18. The van der Waals surface area contributed by atoms with Gasteiger partial charge in [0.1, 0.15) is 17.1 Å². The van der Waals surface area contributed by atoms with Crippen LogP contribution < -0.4 is 15.4 Å². The van der Waals surface area contributed by atoms with Gasteiger partial charge >= 0.3 is 0 Å². The van der Waals surface area contributed by atoms with Gasteiger partial charge < -0.3 is 24.3 Å². The van der Waals surface area contributed by atoms with Gasteiger partial charge in [-0.2, -0.15) is 0 Å². The Morgan fingerprint density at radius 2 is 2.12 bits per heavy atom. The van der Waals surface area contributed by atoms with E-state index in [2.05, 4.69) is 21.8 Å². The van der Waals surface area contributed by atoms with Crippen molar-refractivity contribution in [3.63, 3.8) is 0 Å². The Morgan fingerprint density at radius 3 is 2.81 bits per heavy atom. The molecule has 7 heteroatoms.